The second-order valence-electron chi connectivity index (χ2n) is 4.23. The fraction of sp³-hybridized carbons (Fsp3) is 0.286. The van der Waals surface area contributed by atoms with Gasteiger partial charge in [-0.2, -0.15) is 0 Å². The molecule has 1 aromatic heterocycles. The van der Waals surface area contributed by atoms with Gasteiger partial charge < -0.3 is 5.73 Å². The molecule has 18 heavy (non-hydrogen) atoms. The second kappa shape index (κ2) is 5.98. The van der Waals surface area contributed by atoms with Crippen molar-refractivity contribution in [2.75, 3.05) is 6.54 Å². The molecule has 0 saturated heterocycles. The Morgan fingerprint density at radius 1 is 1.22 bits per heavy atom. The highest BCUT2D eigenvalue weighted by Crippen LogP contribution is 2.28. The average molecular weight is 259 g/mol. The Morgan fingerprint density at radius 3 is 2.78 bits per heavy atom. The van der Waals surface area contributed by atoms with Crippen LogP contribution in [-0.4, -0.2) is 16.5 Å². The van der Waals surface area contributed by atoms with Crippen LogP contribution >= 0.6 is 11.8 Å². The van der Waals surface area contributed by atoms with Gasteiger partial charge in [-0.25, -0.2) is 9.97 Å². The van der Waals surface area contributed by atoms with Gasteiger partial charge in [0.2, 0.25) is 0 Å². The predicted octanol–water partition coefficient (Wildman–Crippen LogP) is 2.75. The minimum atomic E-state index is 0.658. The molecule has 0 saturated carbocycles. The first-order valence-corrected chi connectivity index (χ1v) is 6.78. The Balaban J connectivity index is 2.28. The highest BCUT2D eigenvalue weighted by Gasteiger charge is 2.06. The second-order valence-corrected chi connectivity index (χ2v) is 5.24. The highest BCUT2D eigenvalue weighted by atomic mass is 32.2. The number of aryl methyl sites for hydroxylation is 2. The van der Waals surface area contributed by atoms with Crippen molar-refractivity contribution in [3.8, 4) is 0 Å². The molecule has 3 nitrogen and oxygen atoms in total. The summed E-state index contributed by atoms with van der Waals surface area (Å²) in [6.45, 7) is 4.73. The van der Waals surface area contributed by atoms with Gasteiger partial charge in [0.05, 0.1) is 0 Å². The largest absolute Gasteiger partial charge is 0.330 e. The maximum Gasteiger partial charge on any atom is 0.192 e. The first kappa shape index (κ1) is 13.1. The van der Waals surface area contributed by atoms with E-state index in [0.717, 1.165) is 17.3 Å². The summed E-state index contributed by atoms with van der Waals surface area (Å²) in [7, 11) is 0. The molecule has 2 N–H and O–H groups in total. The van der Waals surface area contributed by atoms with Crippen molar-refractivity contribution in [2.45, 2.75) is 30.3 Å². The summed E-state index contributed by atoms with van der Waals surface area (Å²) in [4.78, 5) is 9.88. The molecule has 0 fully saturated rings. The van der Waals surface area contributed by atoms with E-state index in [1.165, 1.54) is 16.0 Å². The summed E-state index contributed by atoms with van der Waals surface area (Å²) in [5.41, 5.74) is 9.17. The third-order valence-corrected chi connectivity index (χ3v) is 3.60. The van der Waals surface area contributed by atoms with E-state index >= 15 is 0 Å². The molecule has 0 aliphatic heterocycles. The number of nitrogens with zero attached hydrogens (tertiary/aromatic N) is 2. The molecular weight excluding hydrogens is 242 g/mol. The van der Waals surface area contributed by atoms with Gasteiger partial charge in [-0.1, -0.05) is 17.7 Å². The number of nitrogens with two attached hydrogens (primary N) is 1. The van der Waals surface area contributed by atoms with Crippen LogP contribution in [0.4, 0.5) is 0 Å². The smallest absolute Gasteiger partial charge is 0.192 e. The van der Waals surface area contributed by atoms with Crippen LogP contribution in [0.5, 0.6) is 0 Å². The molecule has 0 aliphatic rings. The third kappa shape index (κ3) is 3.31. The van der Waals surface area contributed by atoms with Crippen molar-refractivity contribution in [2.24, 2.45) is 5.73 Å². The summed E-state index contributed by atoms with van der Waals surface area (Å²) in [6, 6.07) is 8.32. The first-order chi connectivity index (χ1) is 8.69. The minimum Gasteiger partial charge on any atom is -0.330 e. The van der Waals surface area contributed by atoms with Crippen molar-refractivity contribution in [3.05, 3.63) is 47.3 Å². The maximum absolute atomic E-state index is 5.66. The zero-order chi connectivity index (χ0) is 13.0. The minimum absolute atomic E-state index is 0.658. The number of aromatic nitrogens is 2. The van der Waals surface area contributed by atoms with Crippen LogP contribution < -0.4 is 5.73 Å². The van der Waals surface area contributed by atoms with Crippen molar-refractivity contribution in [3.63, 3.8) is 0 Å². The van der Waals surface area contributed by atoms with Crippen LogP contribution in [0.2, 0.25) is 0 Å². The Labute approximate surface area is 112 Å². The summed E-state index contributed by atoms with van der Waals surface area (Å²) < 4.78 is 0. The lowest BCUT2D eigenvalue weighted by Crippen LogP contribution is -2.04. The van der Waals surface area contributed by atoms with Crippen LogP contribution in [0.15, 0.2) is 40.5 Å². The van der Waals surface area contributed by atoms with Crippen molar-refractivity contribution in [1.82, 2.24) is 9.97 Å². The van der Waals surface area contributed by atoms with Gasteiger partial charge >= 0.3 is 0 Å². The van der Waals surface area contributed by atoms with Crippen molar-refractivity contribution in [1.29, 1.82) is 0 Å². The highest BCUT2D eigenvalue weighted by molar-refractivity contribution is 7.99. The van der Waals surface area contributed by atoms with Gasteiger partial charge in [-0.05, 0) is 56.3 Å². The molecule has 0 unspecified atom stereocenters. The molecule has 2 rings (SSSR count). The van der Waals surface area contributed by atoms with Crippen molar-refractivity contribution < 1.29 is 0 Å². The van der Waals surface area contributed by atoms with E-state index in [1.807, 2.05) is 13.0 Å². The standard InChI is InChI=1S/C14H17N3S/c1-10-3-4-13(12(9-10)5-7-15)18-14-16-8-6-11(2)17-14/h3-4,6,8-9H,5,7,15H2,1-2H3. The van der Waals surface area contributed by atoms with E-state index in [-0.39, 0.29) is 0 Å². The number of hydrogen-bond donors (Lipinski definition) is 1. The molecule has 0 atom stereocenters. The van der Waals surface area contributed by atoms with Gasteiger partial charge in [0, 0.05) is 16.8 Å². The van der Waals surface area contributed by atoms with Crippen LogP contribution in [-0.2, 0) is 6.42 Å². The van der Waals surface area contributed by atoms with Gasteiger partial charge in [0.25, 0.3) is 0 Å². The van der Waals surface area contributed by atoms with Crippen LogP contribution in [0, 0.1) is 13.8 Å². The SMILES string of the molecule is Cc1ccc(Sc2nccc(C)n2)c(CCN)c1. The fourth-order valence-corrected chi connectivity index (χ4v) is 2.66. The molecule has 0 bridgehead atoms. The molecule has 1 heterocycles. The van der Waals surface area contributed by atoms with Gasteiger partial charge in [0.1, 0.15) is 0 Å². The van der Waals surface area contributed by atoms with E-state index in [2.05, 4.69) is 35.1 Å². The Bertz CT molecular complexity index is 540. The molecule has 0 spiro atoms. The van der Waals surface area contributed by atoms with Crippen molar-refractivity contribution >= 4 is 11.8 Å². The summed E-state index contributed by atoms with van der Waals surface area (Å²) >= 11 is 1.60. The Morgan fingerprint density at radius 2 is 2.06 bits per heavy atom. The predicted molar refractivity (Wildman–Crippen MR) is 74.8 cm³/mol. The van der Waals surface area contributed by atoms with Gasteiger partial charge in [-0.3, -0.25) is 0 Å². The zero-order valence-electron chi connectivity index (χ0n) is 10.7. The third-order valence-electron chi connectivity index (χ3n) is 2.60. The molecule has 4 heteroatoms. The average Bonchev–Trinajstić information content (AvgIpc) is 2.33. The molecule has 0 radical (unpaired) electrons. The van der Waals surface area contributed by atoms with Crippen LogP contribution in [0.3, 0.4) is 0 Å². The molecular formula is C14H17N3S. The molecule has 94 valence electrons. The topological polar surface area (TPSA) is 51.8 Å². The Kier molecular flexibility index (Phi) is 4.33. The summed E-state index contributed by atoms with van der Waals surface area (Å²) in [5.74, 6) is 0. The van der Waals surface area contributed by atoms with Crippen LogP contribution in [0.1, 0.15) is 16.8 Å². The molecule has 2 aromatic rings. The summed E-state index contributed by atoms with van der Waals surface area (Å²) in [6.07, 6.45) is 2.68. The zero-order valence-corrected chi connectivity index (χ0v) is 11.5. The van der Waals surface area contributed by atoms with Crippen LogP contribution in [0.25, 0.3) is 0 Å². The van der Waals surface area contributed by atoms with E-state index in [4.69, 9.17) is 5.73 Å². The fourth-order valence-electron chi connectivity index (χ4n) is 1.73. The van der Waals surface area contributed by atoms with E-state index in [0.29, 0.717) is 6.54 Å². The lowest BCUT2D eigenvalue weighted by molar-refractivity contribution is 0.919. The number of rotatable bonds is 4. The summed E-state index contributed by atoms with van der Waals surface area (Å²) in [5, 5.41) is 0.789. The van der Waals surface area contributed by atoms with Gasteiger partial charge in [-0.15, -0.1) is 0 Å². The van der Waals surface area contributed by atoms with E-state index in [9.17, 15) is 0 Å². The van der Waals surface area contributed by atoms with E-state index < -0.39 is 0 Å². The number of hydrogen-bond acceptors (Lipinski definition) is 4. The lowest BCUT2D eigenvalue weighted by Gasteiger charge is -2.08. The molecule has 0 amide bonds. The normalized spacial score (nSPS) is 10.6. The quantitative estimate of drug-likeness (QED) is 0.858. The first-order valence-electron chi connectivity index (χ1n) is 5.96. The molecule has 1 aromatic carbocycles. The van der Waals surface area contributed by atoms with E-state index in [1.54, 1.807) is 18.0 Å². The maximum atomic E-state index is 5.66. The number of benzene rings is 1. The lowest BCUT2D eigenvalue weighted by atomic mass is 10.1. The monoisotopic (exact) mass is 259 g/mol. The molecule has 0 aliphatic carbocycles. The Hall–Kier alpha value is -1.39. The van der Waals surface area contributed by atoms with Gasteiger partial charge in [0.15, 0.2) is 5.16 Å².